The summed E-state index contributed by atoms with van der Waals surface area (Å²) in [4.78, 5) is 1.81. The first kappa shape index (κ1) is 12.9. The molecule has 0 radical (unpaired) electrons. The van der Waals surface area contributed by atoms with Crippen LogP contribution in [-0.4, -0.2) is 35.9 Å². The molecule has 0 bridgehead atoms. The van der Waals surface area contributed by atoms with E-state index in [4.69, 9.17) is 0 Å². The fourth-order valence-electron chi connectivity index (χ4n) is 3.53. The second-order valence-corrected chi connectivity index (χ2v) is 5.83. The standard InChI is InChI=1S/C14H16F3NO/c15-14(16,17)13-7-12(13,10-19)8-18(9-13)6-11-4-2-1-3-5-11/h1-5,19H,6-10H2/t12-,13-/m0/s1. The minimum Gasteiger partial charge on any atom is -0.396 e. The van der Waals surface area contributed by atoms with E-state index in [9.17, 15) is 18.3 Å². The summed E-state index contributed by atoms with van der Waals surface area (Å²) in [7, 11) is 0. The van der Waals surface area contributed by atoms with Crippen LogP contribution in [0.15, 0.2) is 30.3 Å². The van der Waals surface area contributed by atoms with Crippen molar-refractivity contribution in [1.29, 1.82) is 0 Å². The molecule has 1 aromatic rings. The molecule has 19 heavy (non-hydrogen) atoms. The van der Waals surface area contributed by atoms with Gasteiger partial charge in [-0.2, -0.15) is 13.2 Å². The fourth-order valence-corrected chi connectivity index (χ4v) is 3.53. The average Bonchev–Trinajstić information content (AvgIpc) is 2.90. The molecule has 1 aliphatic heterocycles. The van der Waals surface area contributed by atoms with Crippen LogP contribution in [-0.2, 0) is 6.54 Å². The van der Waals surface area contributed by atoms with E-state index in [0.717, 1.165) is 5.56 Å². The first-order valence-electron chi connectivity index (χ1n) is 6.36. The van der Waals surface area contributed by atoms with Gasteiger partial charge in [0.2, 0.25) is 0 Å². The Morgan fingerprint density at radius 2 is 1.84 bits per heavy atom. The molecule has 2 nitrogen and oxygen atoms in total. The lowest BCUT2D eigenvalue weighted by molar-refractivity contribution is -0.194. The number of hydrogen-bond acceptors (Lipinski definition) is 2. The highest BCUT2D eigenvalue weighted by atomic mass is 19.4. The second-order valence-electron chi connectivity index (χ2n) is 5.83. The summed E-state index contributed by atoms with van der Waals surface area (Å²) in [6.45, 7) is 0.474. The zero-order chi connectivity index (χ0) is 13.7. The van der Waals surface area contributed by atoms with E-state index in [1.165, 1.54) is 0 Å². The van der Waals surface area contributed by atoms with Crippen LogP contribution in [0.5, 0.6) is 0 Å². The Morgan fingerprint density at radius 1 is 1.16 bits per heavy atom. The van der Waals surface area contributed by atoms with Crippen molar-refractivity contribution in [3.63, 3.8) is 0 Å². The number of aliphatic hydroxyl groups is 1. The van der Waals surface area contributed by atoms with Crippen LogP contribution in [0.4, 0.5) is 13.2 Å². The van der Waals surface area contributed by atoms with Gasteiger partial charge in [0.15, 0.2) is 0 Å². The molecular weight excluding hydrogens is 255 g/mol. The van der Waals surface area contributed by atoms with Crippen molar-refractivity contribution in [1.82, 2.24) is 4.90 Å². The molecule has 1 heterocycles. The van der Waals surface area contributed by atoms with Gasteiger partial charge in [-0.15, -0.1) is 0 Å². The summed E-state index contributed by atoms with van der Waals surface area (Å²) in [5, 5.41) is 9.35. The van der Waals surface area contributed by atoms with Crippen molar-refractivity contribution in [2.45, 2.75) is 19.1 Å². The van der Waals surface area contributed by atoms with Crippen molar-refractivity contribution in [3.05, 3.63) is 35.9 Å². The van der Waals surface area contributed by atoms with E-state index in [1.54, 1.807) is 0 Å². The summed E-state index contributed by atoms with van der Waals surface area (Å²) in [6, 6.07) is 9.48. The van der Waals surface area contributed by atoms with E-state index < -0.39 is 17.0 Å². The van der Waals surface area contributed by atoms with Gasteiger partial charge in [-0.3, -0.25) is 4.90 Å². The van der Waals surface area contributed by atoms with Gasteiger partial charge in [0.25, 0.3) is 0 Å². The highest BCUT2D eigenvalue weighted by Crippen LogP contribution is 2.74. The molecule has 2 aliphatic rings. The maximum Gasteiger partial charge on any atom is 0.396 e. The van der Waals surface area contributed by atoms with Crippen LogP contribution in [0.25, 0.3) is 0 Å². The van der Waals surface area contributed by atoms with E-state index in [0.29, 0.717) is 13.1 Å². The summed E-state index contributed by atoms with van der Waals surface area (Å²) < 4.78 is 39.6. The maximum absolute atomic E-state index is 13.2. The molecule has 1 saturated heterocycles. The lowest BCUT2D eigenvalue weighted by Crippen LogP contribution is -2.33. The van der Waals surface area contributed by atoms with Crippen molar-refractivity contribution < 1.29 is 18.3 Å². The predicted molar refractivity (Wildman–Crippen MR) is 64.3 cm³/mol. The van der Waals surface area contributed by atoms with Crippen molar-refractivity contribution in [2.24, 2.45) is 10.8 Å². The summed E-state index contributed by atoms with van der Waals surface area (Å²) in [5.74, 6) is 0. The van der Waals surface area contributed by atoms with Crippen LogP contribution in [0.2, 0.25) is 0 Å². The number of aliphatic hydroxyl groups excluding tert-OH is 1. The third-order valence-corrected chi connectivity index (χ3v) is 4.64. The minimum absolute atomic E-state index is 0.00591. The van der Waals surface area contributed by atoms with Gasteiger partial charge in [-0.1, -0.05) is 30.3 Å². The molecule has 1 aromatic carbocycles. The maximum atomic E-state index is 13.2. The van der Waals surface area contributed by atoms with Gasteiger partial charge in [-0.05, 0) is 12.0 Å². The summed E-state index contributed by atoms with van der Waals surface area (Å²) in [6.07, 6.45) is -4.15. The molecule has 2 fully saturated rings. The number of nitrogens with zero attached hydrogens (tertiary/aromatic N) is 1. The van der Waals surface area contributed by atoms with Crippen LogP contribution in [0.3, 0.4) is 0 Å². The molecule has 1 aliphatic carbocycles. The Labute approximate surface area is 109 Å². The Kier molecular flexibility index (Phi) is 2.70. The number of likely N-dealkylation sites (tertiary alicyclic amines) is 1. The fraction of sp³-hybridized carbons (Fsp3) is 0.571. The Morgan fingerprint density at radius 3 is 2.37 bits per heavy atom. The third-order valence-electron chi connectivity index (χ3n) is 4.64. The Bertz CT molecular complexity index is 475. The van der Waals surface area contributed by atoms with Crippen LogP contribution in [0.1, 0.15) is 12.0 Å². The highest BCUT2D eigenvalue weighted by Gasteiger charge is 2.82. The third kappa shape index (κ3) is 1.79. The Hall–Kier alpha value is -1.07. The van der Waals surface area contributed by atoms with Crippen LogP contribution < -0.4 is 0 Å². The molecule has 1 saturated carbocycles. The van der Waals surface area contributed by atoms with E-state index in [2.05, 4.69) is 0 Å². The molecule has 5 heteroatoms. The molecule has 0 amide bonds. The first-order chi connectivity index (χ1) is 8.92. The zero-order valence-electron chi connectivity index (χ0n) is 10.5. The molecule has 0 aromatic heterocycles. The van der Waals surface area contributed by atoms with Crippen LogP contribution in [0, 0.1) is 10.8 Å². The normalized spacial score (nSPS) is 34.3. The molecule has 2 atom stereocenters. The van der Waals surface area contributed by atoms with Gasteiger partial charge < -0.3 is 5.11 Å². The van der Waals surface area contributed by atoms with Gasteiger partial charge in [0.05, 0.1) is 12.0 Å². The summed E-state index contributed by atoms with van der Waals surface area (Å²) in [5.41, 5.74) is -1.63. The molecule has 0 spiro atoms. The van der Waals surface area contributed by atoms with Crippen molar-refractivity contribution in [2.75, 3.05) is 19.7 Å². The van der Waals surface area contributed by atoms with Gasteiger partial charge >= 0.3 is 6.18 Å². The van der Waals surface area contributed by atoms with Crippen LogP contribution >= 0.6 is 0 Å². The van der Waals surface area contributed by atoms with Gasteiger partial charge in [0, 0.05) is 25.0 Å². The molecule has 104 valence electrons. The quantitative estimate of drug-likeness (QED) is 0.912. The molecule has 1 N–H and O–H groups in total. The number of rotatable bonds is 3. The number of halogens is 3. The molecule has 0 unspecified atom stereocenters. The van der Waals surface area contributed by atoms with E-state index in [-0.39, 0.29) is 19.6 Å². The lowest BCUT2D eigenvalue weighted by atomic mass is 9.97. The van der Waals surface area contributed by atoms with E-state index in [1.807, 2.05) is 35.2 Å². The number of piperidine rings is 1. The molecular formula is C14H16F3NO. The average molecular weight is 271 g/mol. The Balaban J connectivity index is 1.76. The SMILES string of the molecule is OC[C@]12CN(Cc3ccccc3)C[C@@]1(C(F)(F)F)C2. The topological polar surface area (TPSA) is 23.5 Å². The number of hydrogen-bond donors (Lipinski definition) is 1. The van der Waals surface area contributed by atoms with E-state index >= 15 is 0 Å². The summed E-state index contributed by atoms with van der Waals surface area (Å²) >= 11 is 0. The monoisotopic (exact) mass is 271 g/mol. The predicted octanol–water partition coefficient (Wildman–Crippen LogP) is 2.43. The van der Waals surface area contributed by atoms with Gasteiger partial charge in [0.1, 0.15) is 0 Å². The number of alkyl halides is 3. The zero-order valence-corrected chi connectivity index (χ0v) is 10.5. The smallest absolute Gasteiger partial charge is 0.396 e. The largest absolute Gasteiger partial charge is 0.396 e. The number of benzene rings is 1. The highest BCUT2D eigenvalue weighted by molar-refractivity contribution is 5.25. The molecule has 3 rings (SSSR count). The van der Waals surface area contributed by atoms with Crippen molar-refractivity contribution >= 4 is 0 Å². The lowest BCUT2D eigenvalue weighted by Gasteiger charge is -2.22. The second kappa shape index (κ2) is 3.96. The van der Waals surface area contributed by atoms with Gasteiger partial charge in [-0.25, -0.2) is 0 Å². The van der Waals surface area contributed by atoms with Crippen molar-refractivity contribution in [3.8, 4) is 0 Å². The minimum atomic E-state index is -4.22. The first-order valence-corrected chi connectivity index (χ1v) is 6.36. The number of fused-ring (bicyclic) bond motifs is 1.